The molecule has 2 aromatic heterocycles. The largest absolute Gasteiger partial charge is 0.614 e. The molecular formula is C52H47N9O8S4. The molecule has 7 aromatic rings. The summed E-state index contributed by atoms with van der Waals surface area (Å²) in [5, 5.41) is 23.2. The molecule has 0 bridgehead atoms. The van der Waals surface area contributed by atoms with Crippen LogP contribution in [0.4, 0.5) is 9.93 Å². The van der Waals surface area contributed by atoms with Gasteiger partial charge in [0.25, 0.3) is 11.8 Å². The number of β-lactam (4-membered cyclic amide) rings is 1. The van der Waals surface area contributed by atoms with E-state index in [0.29, 0.717) is 37.9 Å². The number of tetrazole rings is 1. The van der Waals surface area contributed by atoms with E-state index < -0.39 is 63.8 Å². The number of amides is 3. The van der Waals surface area contributed by atoms with Gasteiger partial charge < -0.3 is 24.2 Å². The predicted molar refractivity (Wildman–Crippen MR) is 279 cm³/mol. The summed E-state index contributed by atoms with van der Waals surface area (Å²) < 4.78 is 26.2. The van der Waals surface area contributed by atoms with Crippen molar-refractivity contribution in [1.82, 2.24) is 35.4 Å². The van der Waals surface area contributed by atoms with E-state index in [1.54, 1.807) is 27.8 Å². The van der Waals surface area contributed by atoms with Crippen molar-refractivity contribution in [3.8, 4) is 0 Å². The standard InChI is InChI=1S/C52H47N9O8S4/c1-51(2,3)68-50(65)55-48-53-38(30-70-48)40(58-69-52(35-24-14-7-15-25-35,36-26-16-8-17-27-36)37-28-18-9-19-29-37)44(62)54-41-45(63)61-42(39(31-73(66)46(41)61)71-32-72-49-56-59-60(4)57-49)47(64)67-43(33-20-10-5-11-21-33)34-22-12-6-13-23-34/h5-30,41,43,46H,31-32H2,1-4H3,(H,54,62)(H,53,55,65)/b58-40-/t41-,46+,73?/m1/s1. The topological polar surface area (TPSA) is 215 Å². The number of fused-ring (bicyclic) bond motifs is 1. The minimum absolute atomic E-state index is 0.0177. The normalized spacial score (nSPS) is 16.8. The van der Waals surface area contributed by atoms with Crippen molar-refractivity contribution in [2.24, 2.45) is 12.2 Å². The molecule has 1 saturated heterocycles. The second-order valence-electron chi connectivity index (χ2n) is 17.4. The molecule has 21 heteroatoms. The van der Waals surface area contributed by atoms with Crippen LogP contribution in [0.15, 0.2) is 178 Å². The number of aryl methyl sites for hydroxylation is 1. The molecule has 73 heavy (non-hydrogen) atoms. The van der Waals surface area contributed by atoms with E-state index in [9.17, 15) is 23.7 Å². The number of rotatable bonds is 17. The zero-order valence-electron chi connectivity index (χ0n) is 39.7. The number of carbonyl (C=O) groups excluding carboxylic acids is 4. The molecule has 372 valence electrons. The minimum Gasteiger partial charge on any atom is -0.614 e. The minimum atomic E-state index is -1.85. The molecule has 0 radical (unpaired) electrons. The highest BCUT2D eigenvalue weighted by molar-refractivity contribution is 8.18. The summed E-state index contributed by atoms with van der Waals surface area (Å²) in [5.74, 6) is -2.60. The number of esters is 1. The Kier molecular flexibility index (Phi) is 15.4. The molecule has 17 nitrogen and oxygen atoms in total. The fraction of sp³-hybridized carbons (Fsp3) is 0.212. The lowest BCUT2D eigenvalue weighted by molar-refractivity contribution is -0.154. The summed E-state index contributed by atoms with van der Waals surface area (Å²) in [6, 6.07) is 45.1. The fourth-order valence-corrected chi connectivity index (χ4v) is 12.8. The maximum atomic E-state index is 15.0. The van der Waals surface area contributed by atoms with Crippen LogP contribution in [0.3, 0.4) is 0 Å². The third kappa shape index (κ3) is 11.3. The van der Waals surface area contributed by atoms with Crippen LogP contribution in [0.25, 0.3) is 0 Å². The number of oxime groups is 1. The van der Waals surface area contributed by atoms with Gasteiger partial charge in [-0.05, 0) is 48.3 Å². The number of thioether (sulfide) groups is 2. The molecular weight excluding hydrogens is 1010 g/mol. The molecule has 1 unspecified atom stereocenters. The Bertz CT molecular complexity index is 3000. The first-order valence-corrected chi connectivity index (χ1v) is 27.0. The molecule has 5 aromatic carbocycles. The van der Waals surface area contributed by atoms with E-state index in [4.69, 9.17) is 14.3 Å². The lowest BCUT2D eigenvalue weighted by atomic mass is 9.80. The van der Waals surface area contributed by atoms with Crippen LogP contribution in [0, 0.1) is 0 Å². The Hall–Kier alpha value is -7.30. The Morgan fingerprint density at radius 1 is 0.836 bits per heavy atom. The second kappa shape index (κ2) is 22.2. The summed E-state index contributed by atoms with van der Waals surface area (Å²) in [6.07, 6.45) is -1.64. The van der Waals surface area contributed by atoms with E-state index in [0.717, 1.165) is 16.2 Å². The Morgan fingerprint density at radius 3 is 1.90 bits per heavy atom. The summed E-state index contributed by atoms with van der Waals surface area (Å²) in [4.78, 5) is 71.4. The number of carbonyl (C=O) groups is 4. The zero-order chi connectivity index (χ0) is 51.1. The Morgan fingerprint density at radius 2 is 1.38 bits per heavy atom. The van der Waals surface area contributed by atoms with Crippen LogP contribution in [-0.2, 0) is 52.5 Å². The quantitative estimate of drug-likeness (QED) is 0.0129. The van der Waals surface area contributed by atoms with Crippen LogP contribution in [0.2, 0.25) is 0 Å². The van der Waals surface area contributed by atoms with Gasteiger partial charge in [0.15, 0.2) is 23.0 Å². The number of anilines is 1. The molecule has 0 aliphatic carbocycles. The van der Waals surface area contributed by atoms with Crippen molar-refractivity contribution in [3.63, 3.8) is 0 Å². The maximum absolute atomic E-state index is 15.0. The Labute approximate surface area is 436 Å². The van der Waals surface area contributed by atoms with Crippen molar-refractivity contribution in [3.05, 3.63) is 201 Å². The third-order valence-corrected chi connectivity index (χ3v) is 15.9. The molecule has 4 heterocycles. The van der Waals surface area contributed by atoms with E-state index in [2.05, 4.69) is 36.2 Å². The van der Waals surface area contributed by atoms with Crippen molar-refractivity contribution in [1.29, 1.82) is 0 Å². The van der Waals surface area contributed by atoms with Crippen LogP contribution < -0.4 is 10.6 Å². The molecule has 0 saturated carbocycles. The van der Waals surface area contributed by atoms with Crippen molar-refractivity contribution in [2.75, 3.05) is 16.2 Å². The van der Waals surface area contributed by atoms with E-state index >= 15 is 0 Å². The Balaban J connectivity index is 1.07. The molecule has 2 N–H and O–H groups in total. The number of hydrogen-bond donors (Lipinski definition) is 2. The first-order valence-electron chi connectivity index (χ1n) is 22.7. The monoisotopic (exact) mass is 1050 g/mol. The van der Waals surface area contributed by atoms with Gasteiger partial charge in [-0.15, -0.1) is 33.3 Å². The highest BCUT2D eigenvalue weighted by atomic mass is 32.2. The van der Waals surface area contributed by atoms with Gasteiger partial charge in [-0.25, -0.2) is 14.6 Å². The third-order valence-electron chi connectivity index (χ3n) is 11.3. The summed E-state index contributed by atoms with van der Waals surface area (Å²) in [5.41, 5.74) is 0.672. The summed E-state index contributed by atoms with van der Waals surface area (Å²) in [7, 11) is 1.64. The molecule has 0 spiro atoms. The van der Waals surface area contributed by atoms with Gasteiger partial charge in [-0.2, -0.15) is 4.80 Å². The van der Waals surface area contributed by atoms with E-state index in [1.165, 1.54) is 33.7 Å². The van der Waals surface area contributed by atoms with Gasteiger partial charge >= 0.3 is 12.1 Å². The molecule has 2 aliphatic rings. The number of nitrogens with zero attached hydrogens (tertiary/aromatic N) is 7. The molecule has 2 aliphatic heterocycles. The SMILES string of the molecule is Cn1nnc(SCSC2=C(C(=O)OC(c3ccccc3)c3ccccc3)N3C(=O)[C@@H](NC(=O)/C(=N\OC(c4ccccc4)(c4ccccc4)c4ccccc4)c4csc(NC(=O)OC(C)(C)C)n4)[C@@H]3[S+]([O-])C2)n1. The van der Waals surface area contributed by atoms with Crippen LogP contribution >= 0.6 is 34.9 Å². The molecule has 3 amide bonds. The summed E-state index contributed by atoms with van der Waals surface area (Å²) in [6.45, 7) is 5.16. The smallest absolute Gasteiger partial charge is 0.413 e. The van der Waals surface area contributed by atoms with Gasteiger partial charge in [-0.1, -0.05) is 169 Å². The van der Waals surface area contributed by atoms with E-state index in [1.807, 2.05) is 152 Å². The van der Waals surface area contributed by atoms with Crippen LogP contribution in [0.5, 0.6) is 0 Å². The molecule has 3 atom stereocenters. The van der Waals surface area contributed by atoms with Crippen LogP contribution in [0.1, 0.15) is 60.4 Å². The number of benzene rings is 5. The highest BCUT2D eigenvalue weighted by Gasteiger charge is 2.62. The van der Waals surface area contributed by atoms with Crippen LogP contribution in [-0.4, -0.2) is 92.1 Å². The molecule has 1 fully saturated rings. The average Bonchev–Trinajstić information content (AvgIpc) is 4.04. The number of hydrogen-bond acceptors (Lipinski definition) is 16. The zero-order valence-corrected chi connectivity index (χ0v) is 43.0. The maximum Gasteiger partial charge on any atom is 0.413 e. The first kappa shape index (κ1) is 50.6. The molecule has 9 rings (SSSR count). The number of nitrogens with one attached hydrogen (secondary N) is 2. The van der Waals surface area contributed by atoms with Gasteiger partial charge in [0.05, 0.1) is 17.0 Å². The number of ether oxygens (including phenoxy) is 2. The van der Waals surface area contributed by atoms with Crippen molar-refractivity contribution < 1.29 is 38.0 Å². The predicted octanol–water partition coefficient (Wildman–Crippen LogP) is 8.17. The van der Waals surface area contributed by atoms with Gasteiger partial charge in [0.2, 0.25) is 16.1 Å². The highest BCUT2D eigenvalue weighted by Crippen LogP contribution is 2.44. The van der Waals surface area contributed by atoms with Gasteiger partial charge in [0.1, 0.15) is 22.7 Å². The number of thiazole rings is 1. The lowest BCUT2D eigenvalue weighted by Crippen LogP contribution is -2.75. The van der Waals surface area contributed by atoms with Crippen molar-refractivity contribution >= 4 is 80.8 Å². The fourth-order valence-electron chi connectivity index (χ4n) is 8.10. The lowest BCUT2D eigenvalue weighted by Gasteiger charge is -2.49. The average molecular weight is 1050 g/mol. The first-order chi connectivity index (χ1) is 35.3. The van der Waals surface area contributed by atoms with Crippen molar-refractivity contribution in [2.45, 2.75) is 54.6 Å². The second-order valence-corrected chi connectivity index (χ2v) is 22.2. The van der Waals surface area contributed by atoms with E-state index in [-0.39, 0.29) is 33.1 Å². The van der Waals surface area contributed by atoms with Gasteiger partial charge in [-0.3, -0.25) is 19.8 Å². The number of aromatic nitrogens is 5. The van der Waals surface area contributed by atoms with Gasteiger partial charge in [0, 0.05) is 22.1 Å². The summed E-state index contributed by atoms with van der Waals surface area (Å²) >= 11 is 1.60.